The second-order valence-electron chi connectivity index (χ2n) is 3.42. The van der Waals surface area contributed by atoms with Crippen LogP contribution in [0.15, 0.2) is 0 Å². The predicted molar refractivity (Wildman–Crippen MR) is 53.6 cm³/mol. The fraction of sp³-hybridized carbons (Fsp3) is 0.800. The molecule has 0 radical (unpaired) electrons. The Bertz CT molecular complexity index is 229. The van der Waals surface area contributed by atoms with Gasteiger partial charge in [-0.2, -0.15) is 5.26 Å². The number of ether oxygens (including phenoxy) is 1. The van der Waals surface area contributed by atoms with Gasteiger partial charge in [-0.1, -0.05) is 6.92 Å². The second-order valence-corrected chi connectivity index (χ2v) is 3.42. The molecule has 0 rings (SSSR count). The molecule has 0 N–H and O–H groups in total. The van der Waals surface area contributed by atoms with E-state index in [2.05, 4.69) is 0 Å². The monoisotopic (exact) mass is 198 g/mol. The van der Waals surface area contributed by atoms with Crippen molar-refractivity contribution in [1.82, 2.24) is 4.90 Å². The molecule has 14 heavy (non-hydrogen) atoms. The Labute approximate surface area is 85.5 Å². The normalized spacial score (nSPS) is 14.2. The molecule has 0 saturated heterocycles. The maximum absolute atomic E-state index is 11.8. The zero-order valence-corrected chi connectivity index (χ0v) is 9.33. The Morgan fingerprint density at radius 1 is 1.64 bits per heavy atom. The van der Waals surface area contributed by atoms with Gasteiger partial charge in [-0.05, 0) is 13.3 Å². The SMILES string of the molecule is CCC(C)(OC)C(=O)N(C)CCC#N. The van der Waals surface area contributed by atoms with Gasteiger partial charge in [0.25, 0.3) is 5.91 Å². The lowest BCUT2D eigenvalue weighted by atomic mass is 10.0. The molecule has 0 aliphatic rings. The summed E-state index contributed by atoms with van der Waals surface area (Å²) in [5.74, 6) is -0.0715. The predicted octanol–water partition coefficient (Wildman–Crippen LogP) is 1.17. The van der Waals surface area contributed by atoms with Gasteiger partial charge in [0.2, 0.25) is 0 Å². The molecule has 80 valence electrons. The van der Waals surface area contributed by atoms with Crippen molar-refractivity contribution in [2.45, 2.75) is 32.3 Å². The molecule has 0 aromatic heterocycles. The largest absolute Gasteiger partial charge is 0.369 e. The number of amides is 1. The van der Waals surface area contributed by atoms with E-state index in [9.17, 15) is 4.79 Å². The minimum absolute atomic E-state index is 0.0715. The van der Waals surface area contributed by atoms with Gasteiger partial charge in [-0.15, -0.1) is 0 Å². The topological polar surface area (TPSA) is 53.3 Å². The van der Waals surface area contributed by atoms with Crippen LogP contribution in [0.3, 0.4) is 0 Å². The average molecular weight is 198 g/mol. The highest BCUT2D eigenvalue weighted by atomic mass is 16.5. The lowest BCUT2D eigenvalue weighted by Gasteiger charge is -2.30. The summed E-state index contributed by atoms with van der Waals surface area (Å²) in [5, 5.41) is 8.39. The van der Waals surface area contributed by atoms with Crippen molar-refractivity contribution in [2.24, 2.45) is 0 Å². The molecule has 0 bridgehead atoms. The smallest absolute Gasteiger partial charge is 0.254 e. The van der Waals surface area contributed by atoms with Crippen LogP contribution in [0.5, 0.6) is 0 Å². The standard InChI is InChI=1S/C10H18N2O2/c1-5-10(2,14-4)9(13)12(3)8-6-7-11/h5-6,8H2,1-4H3. The van der Waals surface area contributed by atoms with E-state index >= 15 is 0 Å². The molecule has 1 atom stereocenters. The quantitative estimate of drug-likeness (QED) is 0.666. The van der Waals surface area contributed by atoms with Crippen LogP contribution < -0.4 is 0 Å². The number of nitriles is 1. The van der Waals surface area contributed by atoms with Crippen molar-refractivity contribution in [3.63, 3.8) is 0 Å². The first-order valence-corrected chi connectivity index (χ1v) is 4.69. The summed E-state index contributed by atoms with van der Waals surface area (Å²) in [7, 11) is 3.21. The number of carbonyl (C=O) groups excluding carboxylic acids is 1. The van der Waals surface area contributed by atoms with Crippen LogP contribution in [0.2, 0.25) is 0 Å². The lowest BCUT2D eigenvalue weighted by Crippen LogP contribution is -2.46. The number of methoxy groups -OCH3 is 1. The van der Waals surface area contributed by atoms with Gasteiger partial charge >= 0.3 is 0 Å². The maximum atomic E-state index is 11.8. The van der Waals surface area contributed by atoms with E-state index in [0.717, 1.165) is 0 Å². The molecular weight excluding hydrogens is 180 g/mol. The highest BCUT2D eigenvalue weighted by Gasteiger charge is 2.33. The van der Waals surface area contributed by atoms with Crippen LogP contribution in [0.1, 0.15) is 26.7 Å². The van der Waals surface area contributed by atoms with Gasteiger partial charge in [0.05, 0.1) is 12.5 Å². The van der Waals surface area contributed by atoms with E-state index in [1.54, 1.807) is 14.0 Å². The Hall–Kier alpha value is -1.08. The fourth-order valence-corrected chi connectivity index (χ4v) is 1.11. The van der Waals surface area contributed by atoms with Crippen molar-refractivity contribution in [3.05, 3.63) is 0 Å². The third-order valence-corrected chi connectivity index (χ3v) is 2.48. The molecule has 0 fully saturated rings. The van der Waals surface area contributed by atoms with Gasteiger partial charge in [-0.3, -0.25) is 4.79 Å². The summed E-state index contributed by atoms with van der Waals surface area (Å²) >= 11 is 0. The minimum atomic E-state index is -0.760. The zero-order chi connectivity index (χ0) is 11.2. The van der Waals surface area contributed by atoms with Gasteiger partial charge < -0.3 is 9.64 Å². The van der Waals surface area contributed by atoms with E-state index < -0.39 is 5.60 Å². The van der Waals surface area contributed by atoms with E-state index in [0.29, 0.717) is 19.4 Å². The average Bonchev–Trinajstić information content (AvgIpc) is 2.23. The number of rotatable bonds is 5. The van der Waals surface area contributed by atoms with Crippen LogP contribution in [0, 0.1) is 11.3 Å². The van der Waals surface area contributed by atoms with E-state index in [1.807, 2.05) is 13.0 Å². The molecule has 0 heterocycles. The fourth-order valence-electron chi connectivity index (χ4n) is 1.11. The number of hydrogen-bond donors (Lipinski definition) is 0. The third-order valence-electron chi connectivity index (χ3n) is 2.48. The number of likely N-dealkylation sites (N-methyl/N-ethyl adjacent to an activating group) is 1. The van der Waals surface area contributed by atoms with E-state index in [4.69, 9.17) is 10.00 Å². The van der Waals surface area contributed by atoms with Gasteiger partial charge in [0, 0.05) is 20.7 Å². The minimum Gasteiger partial charge on any atom is -0.369 e. The summed E-state index contributed by atoms with van der Waals surface area (Å²) in [6, 6.07) is 2.01. The zero-order valence-electron chi connectivity index (χ0n) is 9.33. The van der Waals surface area contributed by atoms with Crippen molar-refractivity contribution in [3.8, 4) is 6.07 Å². The lowest BCUT2D eigenvalue weighted by molar-refractivity contribution is -0.151. The van der Waals surface area contributed by atoms with Crippen LogP contribution in [-0.2, 0) is 9.53 Å². The molecule has 0 aliphatic heterocycles. The van der Waals surface area contributed by atoms with Crippen molar-refractivity contribution in [2.75, 3.05) is 20.7 Å². The Morgan fingerprint density at radius 3 is 2.57 bits per heavy atom. The summed E-state index contributed by atoms with van der Waals surface area (Å²) in [4.78, 5) is 13.4. The molecular formula is C10H18N2O2. The van der Waals surface area contributed by atoms with E-state index in [1.165, 1.54) is 12.0 Å². The highest BCUT2D eigenvalue weighted by molar-refractivity contribution is 5.84. The van der Waals surface area contributed by atoms with Crippen LogP contribution in [-0.4, -0.2) is 37.1 Å². The van der Waals surface area contributed by atoms with Crippen LogP contribution in [0.25, 0.3) is 0 Å². The van der Waals surface area contributed by atoms with Gasteiger partial charge in [-0.25, -0.2) is 0 Å². The molecule has 0 aromatic carbocycles. The van der Waals surface area contributed by atoms with Crippen molar-refractivity contribution >= 4 is 5.91 Å². The Morgan fingerprint density at radius 2 is 2.21 bits per heavy atom. The van der Waals surface area contributed by atoms with Crippen LogP contribution in [0.4, 0.5) is 0 Å². The summed E-state index contributed by atoms with van der Waals surface area (Å²) in [6.45, 7) is 4.12. The summed E-state index contributed by atoms with van der Waals surface area (Å²) in [5.41, 5.74) is -0.760. The Balaban J connectivity index is 4.37. The van der Waals surface area contributed by atoms with Crippen molar-refractivity contribution in [1.29, 1.82) is 5.26 Å². The molecule has 0 saturated carbocycles. The number of carbonyl (C=O) groups is 1. The highest BCUT2D eigenvalue weighted by Crippen LogP contribution is 2.16. The first kappa shape index (κ1) is 12.9. The summed E-state index contributed by atoms with van der Waals surface area (Å²) in [6.07, 6.45) is 0.977. The molecule has 0 aliphatic carbocycles. The maximum Gasteiger partial charge on any atom is 0.254 e. The second kappa shape index (κ2) is 5.61. The number of hydrogen-bond acceptors (Lipinski definition) is 3. The Kier molecular flexibility index (Phi) is 5.18. The molecule has 0 spiro atoms. The van der Waals surface area contributed by atoms with E-state index in [-0.39, 0.29) is 5.91 Å². The molecule has 1 unspecified atom stereocenters. The van der Waals surface area contributed by atoms with Crippen molar-refractivity contribution < 1.29 is 9.53 Å². The summed E-state index contributed by atoms with van der Waals surface area (Å²) < 4.78 is 5.18. The molecule has 4 nitrogen and oxygen atoms in total. The number of nitrogens with zero attached hydrogens (tertiary/aromatic N) is 2. The van der Waals surface area contributed by atoms with Crippen LogP contribution >= 0.6 is 0 Å². The van der Waals surface area contributed by atoms with Gasteiger partial charge in [0.15, 0.2) is 0 Å². The first-order valence-electron chi connectivity index (χ1n) is 4.69. The third kappa shape index (κ3) is 3.00. The molecule has 4 heteroatoms. The van der Waals surface area contributed by atoms with Gasteiger partial charge in [0.1, 0.15) is 5.60 Å². The molecule has 0 aromatic rings. The first-order chi connectivity index (χ1) is 6.51. The molecule has 1 amide bonds.